The molecule has 0 aliphatic heterocycles. The van der Waals surface area contributed by atoms with Gasteiger partial charge in [0.1, 0.15) is 0 Å². The minimum atomic E-state index is -0.0220. The molecule has 0 amide bonds. The molecule has 4 heteroatoms. The molecule has 1 aliphatic carbocycles. The second-order valence-electron chi connectivity index (χ2n) is 3.10. The largest absolute Gasteiger partial charge is 0.322 e. The van der Waals surface area contributed by atoms with Crippen molar-refractivity contribution in [1.29, 1.82) is 0 Å². The number of nitrogens with zero attached hydrogens (tertiary/aromatic N) is 2. The van der Waals surface area contributed by atoms with Crippen LogP contribution in [-0.2, 0) is 0 Å². The number of aromatic nitrogens is 2. The molecule has 0 aromatic carbocycles. The Labute approximate surface area is 76.0 Å². The van der Waals surface area contributed by atoms with E-state index in [0.29, 0.717) is 11.1 Å². The fourth-order valence-electron chi connectivity index (χ4n) is 1.23. The Morgan fingerprint density at radius 3 is 2.67 bits per heavy atom. The summed E-state index contributed by atoms with van der Waals surface area (Å²) < 4.78 is 0. The van der Waals surface area contributed by atoms with E-state index in [2.05, 4.69) is 9.97 Å². The van der Waals surface area contributed by atoms with Gasteiger partial charge >= 0.3 is 0 Å². The Hall–Kier alpha value is -0.670. The van der Waals surface area contributed by atoms with Gasteiger partial charge in [-0.3, -0.25) is 4.98 Å². The van der Waals surface area contributed by atoms with Crippen molar-refractivity contribution in [1.82, 2.24) is 9.97 Å². The minimum absolute atomic E-state index is 0.0220. The van der Waals surface area contributed by atoms with Crippen molar-refractivity contribution in [3.8, 4) is 0 Å². The number of hydrogen-bond donors (Lipinski definition) is 1. The minimum Gasteiger partial charge on any atom is -0.322 e. The summed E-state index contributed by atoms with van der Waals surface area (Å²) in [5.41, 5.74) is 6.65. The second-order valence-corrected chi connectivity index (χ2v) is 3.45. The highest BCUT2D eigenvalue weighted by atomic mass is 35.5. The number of rotatable bonds is 2. The van der Waals surface area contributed by atoms with Crippen LogP contribution in [-0.4, -0.2) is 9.97 Å². The van der Waals surface area contributed by atoms with E-state index < -0.39 is 0 Å². The van der Waals surface area contributed by atoms with Gasteiger partial charge in [-0.2, -0.15) is 0 Å². The summed E-state index contributed by atoms with van der Waals surface area (Å²) in [6, 6.07) is -0.0220. The fourth-order valence-corrected chi connectivity index (χ4v) is 1.47. The molecule has 2 rings (SSSR count). The van der Waals surface area contributed by atoms with E-state index in [1.807, 2.05) is 0 Å². The van der Waals surface area contributed by atoms with E-state index >= 15 is 0 Å². The van der Waals surface area contributed by atoms with Crippen molar-refractivity contribution in [3.63, 3.8) is 0 Å². The highest BCUT2D eigenvalue weighted by Crippen LogP contribution is 2.39. The third kappa shape index (κ3) is 1.42. The first-order valence-electron chi connectivity index (χ1n) is 4.01. The molecule has 0 saturated heterocycles. The lowest BCUT2D eigenvalue weighted by atomic mass is 10.1. The molecule has 1 unspecified atom stereocenters. The molecule has 1 aromatic heterocycles. The van der Waals surface area contributed by atoms with Gasteiger partial charge in [-0.05, 0) is 18.8 Å². The Balaban J connectivity index is 2.25. The lowest BCUT2D eigenvalue weighted by molar-refractivity contribution is 0.612. The van der Waals surface area contributed by atoms with Crippen LogP contribution in [0.2, 0.25) is 5.15 Å². The molecule has 1 saturated carbocycles. The number of nitrogens with two attached hydrogens (primary N) is 1. The van der Waals surface area contributed by atoms with E-state index in [1.165, 1.54) is 12.8 Å². The van der Waals surface area contributed by atoms with Crippen LogP contribution >= 0.6 is 11.6 Å². The second kappa shape index (κ2) is 2.99. The SMILES string of the molecule is NC(c1nccnc1Cl)C1CC1. The van der Waals surface area contributed by atoms with Crippen molar-refractivity contribution in [3.05, 3.63) is 23.2 Å². The summed E-state index contributed by atoms with van der Waals surface area (Å²) in [7, 11) is 0. The smallest absolute Gasteiger partial charge is 0.152 e. The molecule has 1 aliphatic rings. The van der Waals surface area contributed by atoms with Gasteiger partial charge in [-0.25, -0.2) is 4.98 Å². The van der Waals surface area contributed by atoms with Crippen molar-refractivity contribution in [2.75, 3.05) is 0 Å². The van der Waals surface area contributed by atoms with Gasteiger partial charge in [-0.15, -0.1) is 0 Å². The maximum absolute atomic E-state index is 5.91. The average Bonchev–Trinajstić information content (AvgIpc) is 2.86. The van der Waals surface area contributed by atoms with Crippen molar-refractivity contribution in [2.45, 2.75) is 18.9 Å². The first kappa shape index (κ1) is 7.95. The van der Waals surface area contributed by atoms with E-state index in [4.69, 9.17) is 17.3 Å². The Kier molecular flexibility index (Phi) is 1.98. The van der Waals surface area contributed by atoms with E-state index in [1.54, 1.807) is 12.4 Å². The molecule has 1 aromatic rings. The summed E-state index contributed by atoms with van der Waals surface area (Å²) in [4.78, 5) is 8.05. The van der Waals surface area contributed by atoms with Crippen LogP contribution in [0.5, 0.6) is 0 Å². The third-order valence-corrected chi connectivity index (χ3v) is 2.42. The number of hydrogen-bond acceptors (Lipinski definition) is 3. The predicted molar refractivity (Wildman–Crippen MR) is 46.7 cm³/mol. The fraction of sp³-hybridized carbons (Fsp3) is 0.500. The van der Waals surface area contributed by atoms with Crippen LogP contribution in [0.4, 0.5) is 0 Å². The average molecular weight is 184 g/mol. The van der Waals surface area contributed by atoms with Crippen LogP contribution in [0.3, 0.4) is 0 Å². The van der Waals surface area contributed by atoms with Gasteiger partial charge in [0.15, 0.2) is 5.15 Å². The maximum Gasteiger partial charge on any atom is 0.152 e. The zero-order valence-corrected chi connectivity index (χ0v) is 7.33. The molecule has 1 atom stereocenters. The zero-order valence-electron chi connectivity index (χ0n) is 6.57. The van der Waals surface area contributed by atoms with Crippen LogP contribution in [0.1, 0.15) is 24.6 Å². The summed E-state index contributed by atoms with van der Waals surface area (Å²) in [6.45, 7) is 0. The predicted octanol–water partition coefficient (Wildman–Crippen LogP) is 1.54. The summed E-state index contributed by atoms with van der Waals surface area (Å²) in [5, 5.41) is 0.442. The van der Waals surface area contributed by atoms with Gasteiger partial charge in [-0.1, -0.05) is 11.6 Å². The highest BCUT2D eigenvalue weighted by Gasteiger charge is 2.31. The maximum atomic E-state index is 5.91. The summed E-state index contributed by atoms with van der Waals surface area (Å²) >= 11 is 5.84. The first-order chi connectivity index (χ1) is 5.79. The molecule has 0 bridgehead atoms. The summed E-state index contributed by atoms with van der Waals surface area (Å²) in [5.74, 6) is 0.569. The topological polar surface area (TPSA) is 51.8 Å². The third-order valence-electron chi connectivity index (χ3n) is 2.13. The van der Waals surface area contributed by atoms with E-state index in [0.717, 1.165) is 5.69 Å². The quantitative estimate of drug-likeness (QED) is 0.757. The summed E-state index contributed by atoms with van der Waals surface area (Å²) in [6.07, 6.45) is 5.58. The monoisotopic (exact) mass is 183 g/mol. The molecule has 3 nitrogen and oxygen atoms in total. The van der Waals surface area contributed by atoms with Gasteiger partial charge in [0.25, 0.3) is 0 Å². The first-order valence-corrected chi connectivity index (χ1v) is 4.39. The standard InChI is InChI=1S/C8H10ClN3/c9-8-7(11-3-4-12-8)6(10)5-1-2-5/h3-6H,1-2,10H2. The van der Waals surface area contributed by atoms with Crippen LogP contribution in [0, 0.1) is 5.92 Å². The van der Waals surface area contributed by atoms with Gasteiger partial charge in [0.2, 0.25) is 0 Å². The number of halogens is 1. The Morgan fingerprint density at radius 2 is 2.08 bits per heavy atom. The normalized spacial score (nSPS) is 19.2. The molecule has 12 heavy (non-hydrogen) atoms. The molecule has 0 spiro atoms. The molecular formula is C8H10ClN3. The molecule has 64 valence electrons. The molecule has 2 N–H and O–H groups in total. The molecule has 0 radical (unpaired) electrons. The Morgan fingerprint density at radius 1 is 1.42 bits per heavy atom. The van der Waals surface area contributed by atoms with Crippen molar-refractivity contribution in [2.24, 2.45) is 11.7 Å². The Bertz CT molecular complexity index is 285. The van der Waals surface area contributed by atoms with Crippen molar-refractivity contribution >= 4 is 11.6 Å². The van der Waals surface area contributed by atoms with Gasteiger partial charge in [0.05, 0.1) is 11.7 Å². The zero-order chi connectivity index (χ0) is 8.55. The molecule has 1 fully saturated rings. The lowest BCUT2D eigenvalue weighted by Crippen LogP contribution is -2.14. The van der Waals surface area contributed by atoms with Crippen LogP contribution in [0.25, 0.3) is 0 Å². The van der Waals surface area contributed by atoms with Crippen LogP contribution in [0.15, 0.2) is 12.4 Å². The lowest BCUT2D eigenvalue weighted by Gasteiger charge is -2.09. The molecule has 1 heterocycles. The van der Waals surface area contributed by atoms with E-state index in [9.17, 15) is 0 Å². The molecular weight excluding hydrogens is 174 g/mol. The van der Waals surface area contributed by atoms with Crippen molar-refractivity contribution < 1.29 is 0 Å². The van der Waals surface area contributed by atoms with Gasteiger partial charge < -0.3 is 5.73 Å². The highest BCUT2D eigenvalue weighted by molar-refractivity contribution is 6.30. The van der Waals surface area contributed by atoms with E-state index in [-0.39, 0.29) is 6.04 Å². The van der Waals surface area contributed by atoms with Crippen LogP contribution < -0.4 is 5.73 Å². The van der Waals surface area contributed by atoms with Gasteiger partial charge in [0, 0.05) is 12.4 Å².